The summed E-state index contributed by atoms with van der Waals surface area (Å²) in [4.78, 5) is 2.36. The number of aryl methyl sites for hydroxylation is 2. The molecule has 0 unspecified atom stereocenters. The molecule has 3 aromatic carbocycles. The summed E-state index contributed by atoms with van der Waals surface area (Å²) >= 11 is 6.79. The molecule has 1 saturated heterocycles. The van der Waals surface area contributed by atoms with E-state index in [4.69, 9.17) is 11.6 Å². The van der Waals surface area contributed by atoms with Crippen molar-refractivity contribution in [1.29, 1.82) is 0 Å². The molecule has 3 heteroatoms. The topological polar surface area (TPSA) is 3.24 Å². The van der Waals surface area contributed by atoms with Gasteiger partial charge in [0.2, 0.25) is 0 Å². The van der Waals surface area contributed by atoms with Crippen molar-refractivity contribution in [2.75, 3.05) is 26.3 Å². The molecule has 0 N–H and O–H groups in total. The Hall–Kier alpha value is -2.42. The number of halogens is 2. The molecule has 1 aliphatic heterocycles. The van der Waals surface area contributed by atoms with Gasteiger partial charge in [-0.2, -0.15) is 0 Å². The summed E-state index contributed by atoms with van der Waals surface area (Å²) in [5.74, 6) is 0.685. The lowest BCUT2D eigenvalue weighted by atomic mass is 9.86. The van der Waals surface area contributed by atoms with Crippen LogP contribution < -0.4 is 0 Å². The summed E-state index contributed by atoms with van der Waals surface area (Å²) < 4.78 is 12.4. The zero-order chi connectivity index (χ0) is 23.5. The molecular weight excluding hydrogens is 441 g/mol. The van der Waals surface area contributed by atoms with Gasteiger partial charge in [-0.1, -0.05) is 72.3 Å². The van der Waals surface area contributed by atoms with Crippen LogP contribution in [0.5, 0.6) is 0 Å². The second kappa shape index (κ2) is 10.5. The third kappa shape index (κ3) is 4.99. The summed E-state index contributed by atoms with van der Waals surface area (Å²) in [6, 6.07) is 24.5. The lowest BCUT2D eigenvalue weighted by Crippen LogP contribution is -2.47. The van der Waals surface area contributed by atoms with Gasteiger partial charge in [0, 0.05) is 24.7 Å². The maximum absolute atomic E-state index is 12.4. The summed E-state index contributed by atoms with van der Waals surface area (Å²) in [7, 11) is 0. The van der Waals surface area contributed by atoms with Gasteiger partial charge in [0.25, 0.3) is 0 Å². The van der Waals surface area contributed by atoms with Crippen molar-refractivity contribution in [3.63, 3.8) is 0 Å². The van der Waals surface area contributed by atoms with E-state index in [1.807, 2.05) is 0 Å². The number of benzene rings is 3. The fourth-order valence-electron chi connectivity index (χ4n) is 5.60. The predicted octanol–water partition coefficient (Wildman–Crippen LogP) is 7.78. The number of likely N-dealkylation sites (tertiary alicyclic amines) is 1. The molecule has 0 amide bonds. The zero-order valence-corrected chi connectivity index (χ0v) is 20.8. The van der Waals surface area contributed by atoms with Gasteiger partial charge in [-0.05, 0) is 95.5 Å². The van der Waals surface area contributed by atoms with Gasteiger partial charge in [0.15, 0.2) is 0 Å². The molecule has 34 heavy (non-hydrogen) atoms. The van der Waals surface area contributed by atoms with Gasteiger partial charge >= 0.3 is 0 Å². The van der Waals surface area contributed by atoms with Gasteiger partial charge < -0.3 is 4.90 Å². The van der Waals surface area contributed by atoms with Crippen LogP contribution in [0.2, 0.25) is 5.02 Å². The first-order valence-corrected chi connectivity index (χ1v) is 13.0. The Morgan fingerprint density at radius 3 is 2.50 bits per heavy atom. The molecule has 0 spiro atoms. The van der Waals surface area contributed by atoms with E-state index in [2.05, 4.69) is 78.6 Å². The molecule has 176 valence electrons. The van der Waals surface area contributed by atoms with Crippen molar-refractivity contribution >= 4 is 22.7 Å². The fraction of sp³-hybridized carbons (Fsp3) is 0.355. The second-order valence-electron chi connectivity index (χ2n) is 9.92. The van der Waals surface area contributed by atoms with Crippen molar-refractivity contribution in [2.45, 2.75) is 39.0 Å². The molecule has 1 fully saturated rings. The van der Waals surface area contributed by atoms with Crippen LogP contribution in [0, 0.1) is 12.8 Å². The maximum atomic E-state index is 12.4. The Morgan fingerprint density at radius 1 is 0.941 bits per heavy atom. The van der Waals surface area contributed by atoms with E-state index in [-0.39, 0.29) is 6.67 Å². The van der Waals surface area contributed by atoms with Crippen molar-refractivity contribution in [3.8, 4) is 0 Å². The first-order chi connectivity index (χ1) is 16.6. The largest absolute Gasteiger partial charge is 0.303 e. The van der Waals surface area contributed by atoms with Gasteiger partial charge in [0.05, 0.1) is 6.67 Å². The molecule has 0 atom stereocenters. The smallest absolute Gasteiger partial charge is 0.0906 e. The molecule has 0 aromatic heterocycles. The van der Waals surface area contributed by atoms with E-state index < -0.39 is 0 Å². The number of rotatable bonds is 7. The number of allylic oxidation sites excluding steroid dienone is 1. The molecule has 0 saturated carbocycles. The third-order valence-corrected chi connectivity index (χ3v) is 7.63. The number of nitrogens with zero attached hydrogens (tertiary/aromatic N) is 1. The molecule has 1 heterocycles. The standard InChI is InChI=1S/C31H33ClFN/c1-22-10-15-28(30(32)18-22)29-9-4-7-25-6-2-3-8-27(25)31(29)26-13-11-23(12-14-26)19-24-20-34(21-24)17-5-16-33/h2-3,6,8,10-15,18,24H,4-5,7,9,16-17,19-21H2,1H3. The van der Waals surface area contributed by atoms with Crippen LogP contribution in [0.3, 0.4) is 0 Å². The highest BCUT2D eigenvalue weighted by molar-refractivity contribution is 6.32. The highest BCUT2D eigenvalue weighted by Gasteiger charge is 2.26. The molecule has 2 aliphatic rings. The van der Waals surface area contributed by atoms with E-state index in [9.17, 15) is 4.39 Å². The lowest BCUT2D eigenvalue weighted by Gasteiger charge is -2.39. The first-order valence-electron chi connectivity index (χ1n) is 12.6. The summed E-state index contributed by atoms with van der Waals surface area (Å²) in [6.45, 7) is 4.96. The fourth-order valence-corrected chi connectivity index (χ4v) is 5.95. The van der Waals surface area contributed by atoms with Crippen molar-refractivity contribution < 1.29 is 4.39 Å². The average molecular weight is 474 g/mol. The van der Waals surface area contributed by atoms with Crippen LogP contribution in [0.15, 0.2) is 66.7 Å². The third-order valence-electron chi connectivity index (χ3n) is 7.32. The Bertz CT molecular complexity index is 1170. The van der Waals surface area contributed by atoms with E-state index in [1.54, 1.807) is 0 Å². The van der Waals surface area contributed by atoms with Crippen LogP contribution >= 0.6 is 11.6 Å². The van der Waals surface area contributed by atoms with Crippen LogP contribution in [0.1, 0.15) is 52.6 Å². The number of fused-ring (bicyclic) bond motifs is 1. The van der Waals surface area contributed by atoms with Gasteiger partial charge in [-0.15, -0.1) is 0 Å². The van der Waals surface area contributed by atoms with Crippen LogP contribution in [-0.2, 0) is 12.8 Å². The monoisotopic (exact) mass is 473 g/mol. The molecular formula is C31H33ClFN. The van der Waals surface area contributed by atoms with Crippen molar-refractivity contribution in [2.24, 2.45) is 5.92 Å². The van der Waals surface area contributed by atoms with E-state index in [0.717, 1.165) is 55.9 Å². The molecule has 1 nitrogen and oxygen atoms in total. The van der Waals surface area contributed by atoms with Crippen molar-refractivity contribution in [3.05, 3.63) is 105 Å². The van der Waals surface area contributed by atoms with Crippen molar-refractivity contribution in [1.82, 2.24) is 4.90 Å². The Labute approximate surface area is 208 Å². The number of hydrogen-bond donors (Lipinski definition) is 0. The molecule has 0 bridgehead atoms. The summed E-state index contributed by atoms with van der Waals surface area (Å²) in [5, 5.41) is 0.839. The number of hydrogen-bond acceptors (Lipinski definition) is 1. The summed E-state index contributed by atoms with van der Waals surface area (Å²) in [6.07, 6.45) is 4.99. The van der Waals surface area contributed by atoms with Gasteiger partial charge in [-0.25, -0.2) is 0 Å². The molecule has 1 aliphatic carbocycles. The molecule has 5 rings (SSSR count). The normalized spacial score (nSPS) is 16.8. The Kier molecular flexibility index (Phi) is 7.18. The van der Waals surface area contributed by atoms with Crippen LogP contribution in [0.4, 0.5) is 4.39 Å². The van der Waals surface area contributed by atoms with Gasteiger partial charge in [-0.3, -0.25) is 4.39 Å². The lowest BCUT2D eigenvalue weighted by molar-refractivity contribution is 0.0968. The number of alkyl halides is 1. The van der Waals surface area contributed by atoms with E-state index in [0.29, 0.717) is 12.3 Å². The average Bonchev–Trinajstić information content (AvgIpc) is 3.00. The highest BCUT2D eigenvalue weighted by Crippen LogP contribution is 2.42. The second-order valence-corrected chi connectivity index (χ2v) is 10.3. The predicted molar refractivity (Wildman–Crippen MR) is 142 cm³/mol. The minimum absolute atomic E-state index is 0.211. The zero-order valence-electron chi connectivity index (χ0n) is 20.0. The highest BCUT2D eigenvalue weighted by atomic mass is 35.5. The van der Waals surface area contributed by atoms with E-state index in [1.165, 1.54) is 39.0 Å². The quantitative estimate of drug-likeness (QED) is 0.338. The summed E-state index contributed by atoms with van der Waals surface area (Å²) in [5.41, 5.74) is 10.4. The minimum Gasteiger partial charge on any atom is -0.303 e. The minimum atomic E-state index is -0.211. The molecule has 3 aromatic rings. The maximum Gasteiger partial charge on any atom is 0.0906 e. The van der Waals surface area contributed by atoms with E-state index >= 15 is 0 Å². The first kappa shape index (κ1) is 23.3. The van der Waals surface area contributed by atoms with Crippen LogP contribution in [-0.4, -0.2) is 31.2 Å². The Balaban J connectivity index is 1.47. The molecule has 0 radical (unpaired) electrons. The Morgan fingerprint density at radius 2 is 1.74 bits per heavy atom. The SMILES string of the molecule is Cc1ccc(C2=C(c3ccc(CC4CN(CCCF)C4)cc3)c3ccccc3CCC2)c(Cl)c1. The van der Waals surface area contributed by atoms with Crippen LogP contribution in [0.25, 0.3) is 11.1 Å². The van der Waals surface area contributed by atoms with Gasteiger partial charge in [0.1, 0.15) is 0 Å².